The molecule has 2 nitrogen and oxygen atoms in total. The van der Waals surface area contributed by atoms with Gasteiger partial charge >= 0.3 is 0 Å². The van der Waals surface area contributed by atoms with Crippen molar-refractivity contribution < 1.29 is 4.79 Å². The van der Waals surface area contributed by atoms with Crippen LogP contribution in [0.3, 0.4) is 0 Å². The average Bonchev–Trinajstić information content (AvgIpc) is 2.19. The van der Waals surface area contributed by atoms with E-state index in [0.29, 0.717) is 11.3 Å². The fourth-order valence-electron chi connectivity index (χ4n) is 0.749. The SMILES string of the molecule is O=Cc1ccc(C#CCCBr)nc1. The van der Waals surface area contributed by atoms with Gasteiger partial charge < -0.3 is 0 Å². The first-order valence-electron chi connectivity index (χ1n) is 3.83. The molecule has 0 saturated carbocycles. The number of hydrogen-bond donors (Lipinski definition) is 0. The Morgan fingerprint density at radius 2 is 2.38 bits per heavy atom. The molecule has 1 aromatic rings. The van der Waals surface area contributed by atoms with Crippen molar-refractivity contribution in [3.8, 4) is 11.8 Å². The molecule has 0 bridgehead atoms. The zero-order valence-corrected chi connectivity index (χ0v) is 8.54. The number of carbonyl (C=O) groups is 1. The van der Waals surface area contributed by atoms with E-state index in [1.165, 1.54) is 6.20 Å². The summed E-state index contributed by atoms with van der Waals surface area (Å²) in [6.45, 7) is 0. The predicted octanol–water partition coefficient (Wildman–Crippen LogP) is 2.03. The summed E-state index contributed by atoms with van der Waals surface area (Å²) < 4.78 is 0. The molecule has 0 fully saturated rings. The van der Waals surface area contributed by atoms with Crippen LogP contribution in [0.5, 0.6) is 0 Å². The van der Waals surface area contributed by atoms with Gasteiger partial charge in [0, 0.05) is 23.5 Å². The van der Waals surface area contributed by atoms with E-state index in [1.807, 2.05) is 0 Å². The van der Waals surface area contributed by atoms with Crippen molar-refractivity contribution in [2.75, 3.05) is 5.33 Å². The van der Waals surface area contributed by atoms with Gasteiger partial charge in [-0.2, -0.15) is 0 Å². The van der Waals surface area contributed by atoms with Gasteiger partial charge in [0.25, 0.3) is 0 Å². The molecule has 0 spiro atoms. The molecule has 0 N–H and O–H groups in total. The maximum absolute atomic E-state index is 10.3. The first-order valence-corrected chi connectivity index (χ1v) is 4.95. The molecular formula is C10H8BrNO. The first kappa shape index (κ1) is 9.94. The lowest BCUT2D eigenvalue weighted by Crippen LogP contribution is -1.85. The molecule has 0 aliphatic rings. The van der Waals surface area contributed by atoms with E-state index in [9.17, 15) is 4.79 Å². The van der Waals surface area contributed by atoms with Gasteiger partial charge in [0.15, 0.2) is 6.29 Å². The maximum Gasteiger partial charge on any atom is 0.151 e. The predicted molar refractivity (Wildman–Crippen MR) is 54.9 cm³/mol. The summed E-state index contributed by atoms with van der Waals surface area (Å²) in [5.74, 6) is 5.83. The topological polar surface area (TPSA) is 30.0 Å². The van der Waals surface area contributed by atoms with Crippen molar-refractivity contribution >= 4 is 22.2 Å². The van der Waals surface area contributed by atoms with E-state index in [-0.39, 0.29) is 0 Å². The van der Waals surface area contributed by atoms with Gasteiger partial charge in [-0.3, -0.25) is 4.79 Å². The molecule has 0 aliphatic heterocycles. The van der Waals surface area contributed by atoms with Gasteiger partial charge in [-0.25, -0.2) is 4.98 Å². The van der Waals surface area contributed by atoms with E-state index in [4.69, 9.17) is 0 Å². The van der Waals surface area contributed by atoms with Gasteiger partial charge in [-0.15, -0.1) is 0 Å². The fourth-order valence-corrected chi connectivity index (χ4v) is 0.948. The molecule has 0 radical (unpaired) electrons. The number of carbonyl (C=O) groups excluding carboxylic acids is 1. The first-order chi connectivity index (χ1) is 6.36. The Hall–Kier alpha value is -1.14. The summed E-state index contributed by atoms with van der Waals surface area (Å²) in [4.78, 5) is 14.3. The molecule has 1 rings (SSSR count). The van der Waals surface area contributed by atoms with E-state index >= 15 is 0 Å². The van der Waals surface area contributed by atoms with Crippen LogP contribution in [-0.4, -0.2) is 16.6 Å². The van der Waals surface area contributed by atoms with Gasteiger partial charge in [0.05, 0.1) is 0 Å². The lowest BCUT2D eigenvalue weighted by Gasteiger charge is -1.89. The zero-order valence-electron chi connectivity index (χ0n) is 6.96. The molecule has 3 heteroatoms. The smallest absolute Gasteiger partial charge is 0.151 e. The fraction of sp³-hybridized carbons (Fsp3) is 0.200. The minimum atomic E-state index is 0.575. The number of alkyl halides is 1. The van der Waals surface area contributed by atoms with Crippen LogP contribution in [0.4, 0.5) is 0 Å². The Labute approximate surface area is 85.5 Å². The molecular weight excluding hydrogens is 230 g/mol. The molecule has 13 heavy (non-hydrogen) atoms. The third kappa shape index (κ3) is 3.39. The average molecular weight is 238 g/mol. The van der Waals surface area contributed by atoms with Crippen LogP contribution in [0.2, 0.25) is 0 Å². The molecule has 0 amide bonds. The van der Waals surface area contributed by atoms with Crippen molar-refractivity contribution in [1.29, 1.82) is 0 Å². The van der Waals surface area contributed by atoms with E-state index < -0.39 is 0 Å². The van der Waals surface area contributed by atoms with Crippen LogP contribution in [0, 0.1) is 11.8 Å². The van der Waals surface area contributed by atoms with Crippen molar-refractivity contribution in [2.45, 2.75) is 6.42 Å². The number of aldehydes is 1. The number of rotatable bonds is 2. The second-order valence-electron chi connectivity index (χ2n) is 2.34. The third-order valence-corrected chi connectivity index (χ3v) is 1.75. The second kappa shape index (κ2) is 5.50. The van der Waals surface area contributed by atoms with Crippen LogP contribution >= 0.6 is 15.9 Å². The lowest BCUT2D eigenvalue weighted by atomic mass is 10.2. The van der Waals surface area contributed by atoms with Gasteiger partial charge in [-0.1, -0.05) is 21.9 Å². The minimum absolute atomic E-state index is 0.575. The Morgan fingerprint density at radius 3 is 2.92 bits per heavy atom. The summed E-state index contributed by atoms with van der Waals surface area (Å²) in [5.41, 5.74) is 1.28. The van der Waals surface area contributed by atoms with E-state index in [0.717, 1.165) is 18.0 Å². The van der Waals surface area contributed by atoms with Crippen LogP contribution in [0.1, 0.15) is 22.5 Å². The second-order valence-corrected chi connectivity index (χ2v) is 3.13. The Balaban J connectivity index is 2.71. The number of aromatic nitrogens is 1. The number of hydrogen-bond acceptors (Lipinski definition) is 2. The van der Waals surface area contributed by atoms with Crippen molar-refractivity contribution in [2.24, 2.45) is 0 Å². The minimum Gasteiger partial charge on any atom is -0.298 e. The van der Waals surface area contributed by atoms with E-state index in [2.05, 4.69) is 32.8 Å². The van der Waals surface area contributed by atoms with Crippen molar-refractivity contribution in [1.82, 2.24) is 4.98 Å². The van der Waals surface area contributed by atoms with Crippen LogP contribution < -0.4 is 0 Å². The largest absolute Gasteiger partial charge is 0.298 e. The molecule has 0 unspecified atom stereocenters. The monoisotopic (exact) mass is 237 g/mol. The van der Waals surface area contributed by atoms with Crippen molar-refractivity contribution in [3.05, 3.63) is 29.6 Å². The maximum atomic E-state index is 10.3. The highest BCUT2D eigenvalue weighted by atomic mass is 79.9. The third-order valence-electron chi connectivity index (χ3n) is 1.36. The summed E-state index contributed by atoms with van der Waals surface area (Å²) in [6.07, 6.45) is 3.09. The number of halogens is 1. The highest BCUT2D eigenvalue weighted by molar-refractivity contribution is 9.09. The molecule has 1 heterocycles. The summed E-state index contributed by atoms with van der Waals surface area (Å²) in [7, 11) is 0. The summed E-state index contributed by atoms with van der Waals surface area (Å²) >= 11 is 3.28. The lowest BCUT2D eigenvalue weighted by molar-refractivity contribution is 0.112. The quantitative estimate of drug-likeness (QED) is 0.448. The molecule has 66 valence electrons. The molecule has 0 saturated heterocycles. The molecule has 0 atom stereocenters. The van der Waals surface area contributed by atoms with Crippen molar-refractivity contribution in [3.63, 3.8) is 0 Å². The van der Waals surface area contributed by atoms with Gasteiger partial charge in [0.2, 0.25) is 0 Å². The van der Waals surface area contributed by atoms with Crippen LogP contribution in [0.15, 0.2) is 18.3 Å². The highest BCUT2D eigenvalue weighted by Crippen LogP contribution is 1.96. The standard InChI is InChI=1S/C10H8BrNO/c11-6-2-1-3-10-5-4-9(8-13)7-12-10/h4-5,7-8H,2,6H2. The Kier molecular flexibility index (Phi) is 4.20. The van der Waals surface area contributed by atoms with Gasteiger partial charge in [0.1, 0.15) is 5.69 Å². The van der Waals surface area contributed by atoms with Crippen LogP contribution in [-0.2, 0) is 0 Å². The number of pyridine rings is 1. The Bertz CT molecular complexity index is 334. The van der Waals surface area contributed by atoms with E-state index in [1.54, 1.807) is 12.1 Å². The Morgan fingerprint density at radius 1 is 1.54 bits per heavy atom. The summed E-state index contributed by atoms with van der Waals surface area (Å²) in [5, 5.41) is 0.867. The highest BCUT2D eigenvalue weighted by Gasteiger charge is 1.89. The molecule has 1 aromatic heterocycles. The normalized spacial score (nSPS) is 8.69. The molecule has 0 aliphatic carbocycles. The van der Waals surface area contributed by atoms with Gasteiger partial charge in [-0.05, 0) is 18.1 Å². The van der Waals surface area contributed by atoms with Crippen LogP contribution in [0.25, 0.3) is 0 Å². The number of nitrogens with zero attached hydrogens (tertiary/aromatic N) is 1. The summed E-state index contributed by atoms with van der Waals surface area (Å²) in [6, 6.07) is 3.45. The zero-order chi connectivity index (χ0) is 9.52. The molecule has 0 aromatic carbocycles.